The minimum Gasteiger partial charge on any atom is -0.481 e. The first kappa shape index (κ1) is 16.4. The molecule has 1 aliphatic rings. The molecular formula is C15H28O4. The van der Waals surface area contributed by atoms with Crippen molar-refractivity contribution in [1.29, 1.82) is 0 Å². The standard InChI is InChI=1S/C15H28O4/c1-15(18-12-13-19-15)11-9-7-5-3-2-4-6-8-10-14(16)17/h2-13H2,1H3,(H,16,17). The summed E-state index contributed by atoms with van der Waals surface area (Å²) in [5.41, 5.74) is 0. The van der Waals surface area contributed by atoms with Crippen LogP contribution in [0.3, 0.4) is 0 Å². The van der Waals surface area contributed by atoms with Gasteiger partial charge in [0.25, 0.3) is 0 Å². The topological polar surface area (TPSA) is 55.8 Å². The molecule has 0 aliphatic carbocycles. The van der Waals surface area contributed by atoms with Gasteiger partial charge in [0.05, 0.1) is 13.2 Å². The molecule has 1 saturated heterocycles. The van der Waals surface area contributed by atoms with Crippen molar-refractivity contribution in [2.75, 3.05) is 13.2 Å². The molecule has 0 radical (unpaired) electrons. The number of carboxylic acid groups (broad SMARTS) is 1. The molecule has 0 aromatic carbocycles. The van der Waals surface area contributed by atoms with Crippen LogP contribution in [0, 0.1) is 0 Å². The minimum absolute atomic E-state index is 0.318. The zero-order valence-corrected chi connectivity index (χ0v) is 12.2. The number of aliphatic carboxylic acids is 1. The number of rotatable bonds is 11. The Bertz CT molecular complexity index is 247. The third-order valence-corrected chi connectivity index (χ3v) is 3.67. The molecular weight excluding hydrogens is 244 g/mol. The summed E-state index contributed by atoms with van der Waals surface area (Å²) in [5.74, 6) is -0.999. The second kappa shape index (κ2) is 9.32. The van der Waals surface area contributed by atoms with Gasteiger partial charge in [-0.1, -0.05) is 38.5 Å². The lowest BCUT2D eigenvalue weighted by Gasteiger charge is -2.21. The lowest BCUT2D eigenvalue weighted by atomic mass is 10.0. The van der Waals surface area contributed by atoms with E-state index >= 15 is 0 Å². The van der Waals surface area contributed by atoms with Crippen molar-refractivity contribution < 1.29 is 19.4 Å². The summed E-state index contributed by atoms with van der Waals surface area (Å²) in [5, 5.41) is 8.50. The van der Waals surface area contributed by atoms with E-state index in [1.807, 2.05) is 6.92 Å². The van der Waals surface area contributed by atoms with E-state index in [9.17, 15) is 4.79 Å². The van der Waals surface area contributed by atoms with Crippen LogP contribution < -0.4 is 0 Å². The smallest absolute Gasteiger partial charge is 0.303 e. The maximum Gasteiger partial charge on any atom is 0.303 e. The van der Waals surface area contributed by atoms with Gasteiger partial charge in [0, 0.05) is 12.8 Å². The maximum atomic E-state index is 10.3. The lowest BCUT2D eigenvalue weighted by molar-refractivity contribution is -0.147. The van der Waals surface area contributed by atoms with Crippen molar-refractivity contribution in [2.24, 2.45) is 0 Å². The van der Waals surface area contributed by atoms with Crippen LogP contribution in [0.15, 0.2) is 0 Å². The number of ether oxygens (including phenoxy) is 2. The molecule has 0 unspecified atom stereocenters. The Morgan fingerprint density at radius 1 is 0.947 bits per heavy atom. The fourth-order valence-electron chi connectivity index (χ4n) is 2.48. The molecule has 1 fully saturated rings. The lowest BCUT2D eigenvalue weighted by Crippen LogP contribution is -2.24. The van der Waals surface area contributed by atoms with Crippen LogP contribution in [-0.2, 0) is 14.3 Å². The molecule has 0 aromatic rings. The average Bonchev–Trinajstić information content (AvgIpc) is 2.78. The molecule has 0 aromatic heterocycles. The molecule has 0 spiro atoms. The monoisotopic (exact) mass is 272 g/mol. The summed E-state index contributed by atoms with van der Waals surface area (Å²) in [4.78, 5) is 10.3. The highest BCUT2D eigenvalue weighted by atomic mass is 16.7. The first-order chi connectivity index (χ1) is 9.12. The second-order valence-corrected chi connectivity index (χ2v) is 5.55. The van der Waals surface area contributed by atoms with Crippen LogP contribution in [0.5, 0.6) is 0 Å². The molecule has 19 heavy (non-hydrogen) atoms. The summed E-state index contributed by atoms with van der Waals surface area (Å²) >= 11 is 0. The van der Waals surface area contributed by atoms with Gasteiger partial charge in [0.1, 0.15) is 0 Å². The van der Waals surface area contributed by atoms with E-state index in [2.05, 4.69) is 0 Å². The Hall–Kier alpha value is -0.610. The number of carbonyl (C=O) groups is 1. The first-order valence-electron chi connectivity index (χ1n) is 7.62. The molecule has 0 saturated carbocycles. The van der Waals surface area contributed by atoms with Gasteiger partial charge in [-0.2, -0.15) is 0 Å². The molecule has 1 aliphatic heterocycles. The largest absolute Gasteiger partial charge is 0.481 e. The zero-order valence-electron chi connectivity index (χ0n) is 12.2. The molecule has 0 atom stereocenters. The Morgan fingerprint density at radius 2 is 1.42 bits per heavy atom. The van der Waals surface area contributed by atoms with Gasteiger partial charge in [-0.25, -0.2) is 0 Å². The molecule has 0 amide bonds. The normalized spacial score (nSPS) is 17.7. The third-order valence-electron chi connectivity index (χ3n) is 3.67. The van der Waals surface area contributed by atoms with E-state index in [0.717, 1.165) is 45.3 Å². The quantitative estimate of drug-likeness (QED) is 0.582. The number of unbranched alkanes of at least 4 members (excludes halogenated alkanes) is 7. The molecule has 1 heterocycles. The molecule has 0 bridgehead atoms. The Labute approximate surface area is 116 Å². The van der Waals surface area contributed by atoms with Crippen molar-refractivity contribution in [3.05, 3.63) is 0 Å². The molecule has 1 N–H and O–H groups in total. The number of carboxylic acids is 1. The first-order valence-corrected chi connectivity index (χ1v) is 7.62. The van der Waals surface area contributed by atoms with Crippen molar-refractivity contribution >= 4 is 5.97 Å². The fraction of sp³-hybridized carbons (Fsp3) is 0.933. The predicted octanol–water partition coefficient (Wildman–Crippen LogP) is 3.74. The van der Waals surface area contributed by atoms with Crippen LogP contribution in [0.2, 0.25) is 0 Å². The van der Waals surface area contributed by atoms with Crippen LogP contribution in [-0.4, -0.2) is 30.1 Å². The van der Waals surface area contributed by atoms with Crippen molar-refractivity contribution in [3.8, 4) is 0 Å². The highest BCUT2D eigenvalue weighted by Gasteiger charge is 2.29. The van der Waals surface area contributed by atoms with Crippen LogP contribution in [0.25, 0.3) is 0 Å². The van der Waals surface area contributed by atoms with Crippen LogP contribution in [0.4, 0.5) is 0 Å². The van der Waals surface area contributed by atoms with E-state index in [4.69, 9.17) is 14.6 Å². The van der Waals surface area contributed by atoms with Gasteiger partial charge in [-0.15, -0.1) is 0 Å². The van der Waals surface area contributed by atoms with Crippen molar-refractivity contribution in [1.82, 2.24) is 0 Å². The van der Waals surface area contributed by atoms with E-state index in [1.165, 1.54) is 25.7 Å². The summed E-state index contributed by atoms with van der Waals surface area (Å²) < 4.78 is 11.1. The third kappa shape index (κ3) is 8.22. The van der Waals surface area contributed by atoms with Gasteiger partial charge >= 0.3 is 5.97 Å². The highest BCUT2D eigenvalue weighted by molar-refractivity contribution is 5.66. The average molecular weight is 272 g/mol. The van der Waals surface area contributed by atoms with Gasteiger partial charge < -0.3 is 14.6 Å². The summed E-state index contributed by atoms with van der Waals surface area (Å²) in [6.45, 7) is 3.49. The van der Waals surface area contributed by atoms with Crippen molar-refractivity contribution in [2.45, 2.75) is 76.9 Å². The van der Waals surface area contributed by atoms with E-state index in [1.54, 1.807) is 0 Å². The number of hydrogen-bond acceptors (Lipinski definition) is 3. The fourth-order valence-corrected chi connectivity index (χ4v) is 2.48. The second-order valence-electron chi connectivity index (χ2n) is 5.55. The SMILES string of the molecule is CC1(CCCCCCCCCCC(=O)O)OCCO1. The van der Waals surface area contributed by atoms with Crippen LogP contribution in [0.1, 0.15) is 71.1 Å². The van der Waals surface area contributed by atoms with Gasteiger partial charge in [-0.3, -0.25) is 4.79 Å². The van der Waals surface area contributed by atoms with Gasteiger partial charge in [-0.05, 0) is 19.8 Å². The maximum absolute atomic E-state index is 10.3. The minimum atomic E-state index is -0.676. The van der Waals surface area contributed by atoms with E-state index in [0.29, 0.717) is 6.42 Å². The van der Waals surface area contributed by atoms with Gasteiger partial charge in [0.15, 0.2) is 5.79 Å². The Balaban J connectivity index is 1.80. The van der Waals surface area contributed by atoms with E-state index < -0.39 is 5.97 Å². The molecule has 4 heteroatoms. The zero-order chi connectivity index (χ0) is 14.0. The molecule has 4 nitrogen and oxygen atoms in total. The number of hydrogen-bond donors (Lipinski definition) is 1. The van der Waals surface area contributed by atoms with Gasteiger partial charge in [0.2, 0.25) is 0 Å². The van der Waals surface area contributed by atoms with Crippen LogP contribution >= 0.6 is 0 Å². The summed E-state index contributed by atoms with van der Waals surface area (Å²) in [7, 11) is 0. The van der Waals surface area contributed by atoms with Crippen molar-refractivity contribution in [3.63, 3.8) is 0 Å². The predicted molar refractivity (Wildman–Crippen MR) is 74.1 cm³/mol. The molecule has 1 rings (SSSR count). The summed E-state index contributed by atoms with van der Waals surface area (Å²) in [6, 6.07) is 0. The molecule has 112 valence electrons. The highest BCUT2D eigenvalue weighted by Crippen LogP contribution is 2.25. The Morgan fingerprint density at radius 3 is 1.95 bits per heavy atom. The Kier molecular flexibility index (Phi) is 8.07. The summed E-state index contributed by atoms with van der Waals surface area (Å²) in [6.07, 6.45) is 10.5. The van der Waals surface area contributed by atoms with E-state index in [-0.39, 0.29) is 5.79 Å².